The molecule has 19 heavy (non-hydrogen) atoms. The zero-order valence-electron chi connectivity index (χ0n) is 11.8. The van der Waals surface area contributed by atoms with Gasteiger partial charge in [-0.3, -0.25) is 9.59 Å². The van der Waals surface area contributed by atoms with E-state index in [1.54, 1.807) is 0 Å². The standard InChI is InChI=1S/C15H25NO3/c1-2-5-11-8-9-16(10-11)14(17)12-6-3-4-7-13(12)15(18)19/h11-13H,2-10H2,1H3,(H,18,19). The minimum absolute atomic E-state index is 0.103. The molecule has 1 saturated heterocycles. The van der Waals surface area contributed by atoms with E-state index in [9.17, 15) is 14.7 Å². The molecule has 4 nitrogen and oxygen atoms in total. The lowest BCUT2D eigenvalue weighted by molar-refractivity contribution is -0.152. The largest absolute Gasteiger partial charge is 0.481 e. The van der Waals surface area contributed by atoms with Crippen LogP contribution in [0.5, 0.6) is 0 Å². The van der Waals surface area contributed by atoms with E-state index in [1.165, 1.54) is 6.42 Å². The van der Waals surface area contributed by atoms with Crippen LogP contribution >= 0.6 is 0 Å². The van der Waals surface area contributed by atoms with Gasteiger partial charge >= 0.3 is 5.97 Å². The zero-order chi connectivity index (χ0) is 13.8. The average molecular weight is 267 g/mol. The lowest BCUT2D eigenvalue weighted by Crippen LogP contribution is -2.41. The van der Waals surface area contributed by atoms with Crippen molar-refractivity contribution in [3.8, 4) is 0 Å². The molecule has 1 saturated carbocycles. The highest BCUT2D eigenvalue weighted by Gasteiger charge is 2.39. The molecule has 1 aliphatic heterocycles. The van der Waals surface area contributed by atoms with Gasteiger partial charge in [-0.15, -0.1) is 0 Å². The molecule has 2 aliphatic rings. The number of likely N-dealkylation sites (tertiary alicyclic amines) is 1. The van der Waals surface area contributed by atoms with Crippen molar-refractivity contribution in [2.75, 3.05) is 13.1 Å². The monoisotopic (exact) mass is 267 g/mol. The molecule has 1 aliphatic carbocycles. The molecule has 0 aromatic rings. The van der Waals surface area contributed by atoms with E-state index in [0.717, 1.165) is 45.2 Å². The summed E-state index contributed by atoms with van der Waals surface area (Å²) in [5.41, 5.74) is 0. The van der Waals surface area contributed by atoms with Crippen molar-refractivity contribution in [1.29, 1.82) is 0 Å². The Morgan fingerprint density at radius 1 is 1.16 bits per heavy atom. The smallest absolute Gasteiger partial charge is 0.307 e. The van der Waals surface area contributed by atoms with E-state index in [0.29, 0.717) is 12.3 Å². The number of amides is 1. The van der Waals surface area contributed by atoms with Crippen molar-refractivity contribution in [1.82, 2.24) is 4.90 Å². The maximum atomic E-state index is 12.5. The molecule has 1 N–H and O–H groups in total. The average Bonchev–Trinajstić information content (AvgIpc) is 2.87. The third-order valence-electron chi connectivity index (χ3n) is 4.69. The molecule has 1 heterocycles. The molecule has 2 rings (SSSR count). The van der Waals surface area contributed by atoms with Crippen LogP contribution in [0.15, 0.2) is 0 Å². The molecule has 2 fully saturated rings. The molecule has 108 valence electrons. The first-order chi connectivity index (χ1) is 9.13. The number of hydrogen-bond acceptors (Lipinski definition) is 2. The first-order valence-corrected chi connectivity index (χ1v) is 7.65. The van der Waals surface area contributed by atoms with Crippen molar-refractivity contribution in [3.63, 3.8) is 0 Å². The topological polar surface area (TPSA) is 57.6 Å². The molecule has 0 aromatic carbocycles. The molecule has 3 unspecified atom stereocenters. The summed E-state index contributed by atoms with van der Waals surface area (Å²) in [6, 6.07) is 0. The summed E-state index contributed by atoms with van der Waals surface area (Å²) in [5, 5.41) is 9.27. The van der Waals surface area contributed by atoms with Crippen LogP contribution in [0.2, 0.25) is 0 Å². The Labute approximate surface area is 115 Å². The van der Waals surface area contributed by atoms with E-state index in [-0.39, 0.29) is 11.8 Å². The second kappa shape index (κ2) is 6.40. The predicted octanol–water partition coefficient (Wildman–Crippen LogP) is 2.53. The molecular weight excluding hydrogens is 242 g/mol. The zero-order valence-corrected chi connectivity index (χ0v) is 11.8. The molecule has 0 aromatic heterocycles. The first-order valence-electron chi connectivity index (χ1n) is 7.65. The van der Waals surface area contributed by atoms with Crippen LogP contribution in [0.3, 0.4) is 0 Å². The summed E-state index contributed by atoms with van der Waals surface area (Å²) in [7, 11) is 0. The fourth-order valence-corrected chi connectivity index (χ4v) is 3.63. The fraction of sp³-hybridized carbons (Fsp3) is 0.867. The molecule has 1 amide bonds. The Morgan fingerprint density at radius 3 is 2.47 bits per heavy atom. The minimum Gasteiger partial charge on any atom is -0.481 e. The van der Waals surface area contributed by atoms with Gasteiger partial charge in [0, 0.05) is 13.1 Å². The molecule has 4 heteroatoms. The molecular formula is C15H25NO3. The van der Waals surface area contributed by atoms with Crippen molar-refractivity contribution in [3.05, 3.63) is 0 Å². The van der Waals surface area contributed by atoms with Crippen LogP contribution in [-0.4, -0.2) is 35.0 Å². The third-order valence-corrected chi connectivity index (χ3v) is 4.69. The minimum atomic E-state index is -0.789. The van der Waals surface area contributed by atoms with Crippen LogP contribution < -0.4 is 0 Å². The summed E-state index contributed by atoms with van der Waals surface area (Å²) in [4.78, 5) is 25.7. The van der Waals surface area contributed by atoms with Crippen LogP contribution in [-0.2, 0) is 9.59 Å². The van der Waals surface area contributed by atoms with E-state index < -0.39 is 11.9 Å². The van der Waals surface area contributed by atoms with Crippen molar-refractivity contribution in [2.24, 2.45) is 17.8 Å². The maximum Gasteiger partial charge on any atom is 0.307 e. The maximum absolute atomic E-state index is 12.5. The van der Waals surface area contributed by atoms with Gasteiger partial charge in [0.25, 0.3) is 0 Å². The number of rotatable bonds is 4. The lowest BCUT2D eigenvalue weighted by atomic mass is 9.78. The van der Waals surface area contributed by atoms with E-state index in [1.807, 2.05) is 4.90 Å². The number of carboxylic acid groups (broad SMARTS) is 1. The second-order valence-electron chi connectivity index (χ2n) is 6.06. The number of carboxylic acids is 1. The van der Waals surface area contributed by atoms with Crippen LogP contribution in [0, 0.1) is 17.8 Å². The van der Waals surface area contributed by atoms with Gasteiger partial charge in [-0.05, 0) is 31.6 Å². The Hall–Kier alpha value is -1.06. The van der Waals surface area contributed by atoms with Gasteiger partial charge in [0.2, 0.25) is 5.91 Å². The molecule has 3 atom stereocenters. The summed E-state index contributed by atoms with van der Waals surface area (Å²) in [5.74, 6) is -0.785. The normalized spacial score (nSPS) is 31.4. The molecule has 0 radical (unpaired) electrons. The summed E-state index contributed by atoms with van der Waals surface area (Å²) in [6.45, 7) is 3.84. The highest BCUT2D eigenvalue weighted by atomic mass is 16.4. The number of carbonyl (C=O) groups excluding carboxylic acids is 1. The van der Waals surface area contributed by atoms with E-state index >= 15 is 0 Å². The van der Waals surface area contributed by atoms with Gasteiger partial charge in [0.05, 0.1) is 11.8 Å². The van der Waals surface area contributed by atoms with Crippen molar-refractivity contribution < 1.29 is 14.7 Å². The summed E-state index contributed by atoms with van der Waals surface area (Å²) >= 11 is 0. The van der Waals surface area contributed by atoms with Crippen LogP contribution in [0.4, 0.5) is 0 Å². The number of hydrogen-bond donors (Lipinski definition) is 1. The quantitative estimate of drug-likeness (QED) is 0.851. The van der Waals surface area contributed by atoms with Crippen LogP contribution in [0.25, 0.3) is 0 Å². The fourth-order valence-electron chi connectivity index (χ4n) is 3.63. The number of nitrogens with zero attached hydrogens (tertiary/aromatic N) is 1. The number of aliphatic carboxylic acids is 1. The first kappa shape index (κ1) is 14.4. The predicted molar refractivity (Wildman–Crippen MR) is 72.7 cm³/mol. The summed E-state index contributed by atoms with van der Waals surface area (Å²) < 4.78 is 0. The van der Waals surface area contributed by atoms with Gasteiger partial charge in [-0.25, -0.2) is 0 Å². The Kier molecular flexibility index (Phi) is 4.83. The SMILES string of the molecule is CCCC1CCN(C(=O)C2CCCCC2C(=O)O)C1. The van der Waals surface area contributed by atoms with Gasteiger partial charge in [-0.2, -0.15) is 0 Å². The highest BCUT2D eigenvalue weighted by molar-refractivity contribution is 5.85. The van der Waals surface area contributed by atoms with Crippen molar-refractivity contribution >= 4 is 11.9 Å². The van der Waals surface area contributed by atoms with Gasteiger partial charge < -0.3 is 10.0 Å². The van der Waals surface area contributed by atoms with E-state index in [2.05, 4.69) is 6.92 Å². The van der Waals surface area contributed by atoms with Gasteiger partial charge in [0.15, 0.2) is 0 Å². The highest BCUT2D eigenvalue weighted by Crippen LogP contribution is 2.33. The van der Waals surface area contributed by atoms with Crippen LogP contribution in [0.1, 0.15) is 51.9 Å². The van der Waals surface area contributed by atoms with Crippen molar-refractivity contribution in [2.45, 2.75) is 51.9 Å². The van der Waals surface area contributed by atoms with E-state index in [4.69, 9.17) is 0 Å². The Balaban J connectivity index is 1.96. The third kappa shape index (κ3) is 3.28. The summed E-state index contributed by atoms with van der Waals surface area (Å²) in [6.07, 6.45) is 6.78. The molecule has 0 bridgehead atoms. The molecule has 0 spiro atoms. The number of carbonyl (C=O) groups is 2. The van der Waals surface area contributed by atoms with Gasteiger partial charge in [0.1, 0.15) is 0 Å². The Bertz CT molecular complexity index is 342. The lowest BCUT2D eigenvalue weighted by Gasteiger charge is -2.31. The van der Waals surface area contributed by atoms with Gasteiger partial charge in [-0.1, -0.05) is 26.2 Å². The Morgan fingerprint density at radius 2 is 1.84 bits per heavy atom. The second-order valence-corrected chi connectivity index (χ2v) is 6.06.